The van der Waals surface area contributed by atoms with Gasteiger partial charge in [0.05, 0.1) is 12.6 Å². The second-order valence-corrected chi connectivity index (χ2v) is 9.14. The summed E-state index contributed by atoms with van der Waals surface area (Å²) in [6, 6.07) is 0.688. The van der Waals surface area contributed by atoms with Crippen LogP contribution < -0.4 is 15.8 Å². The van der Waals surface area contributed by atoms with Crippen molar-refractivity contribution in [2.24, 2.45) is 0 Å². The number of benzene rings is 1. The second kappa shape index (κ2) is 9.84. The molecule has 0 bridgehead atoms. The van der Waals surface area contributed by atoms with E-state index in [1.54, 1.807) is 25.8 Å². The fourth-order valence-electron chi connectivity index (χ4n) is 4.68. The van der Waals surface area contributed by atoms with Crippen LogP contribution in [0.3, 0.4) is 0 Å². The van der Waals surface area contributed by atoms with E-state index in [-0.39, 0.29) is 17.8 Å². The van der Waals surface area contributed by atoms with Crippen LogP contribution in [0.25, 0.3) is 0 Å². The van der Waals surface area contributed by atoms with Crippen molar-refractivity contribution in [1.82, 2.24) is 14.9 Å². The Morgan fingerprint density at radius 2 is 1.89 bits per heavy atom. The first-order valence-corrected chi connectivity index (χ1v) is 11.6. The maximum atomic E-state index is 14.0. The number of amides is 2. The van der Waals surface area contributed by atoms with Crippen LogP contribution in [0.4, 0.5) is 13.2 Å². The van der Waals surface area contributed by atoms with E-state index in [0.29, 0.717) is 25.3 Å². The molecule has 2 aromatic rings. The van der Waals surface area contributed by atoms with Crippen LogP contribution in [0.1, 0.15) is 60.0 Å². The van der Waals surface area contributed by atoms with Gasteiger partial charge >= 0.3 is 0 Å². The number of pyridine rings is 1. The van der Waals surface area contributed by atoms with Gasteiger partial charge in [-0.15, -0.1) is 0 Å². The molecule has 2 atom stereocenters. The van der Waals surface area contributed by atoms with Crippen molar-refractivity contribution in [3.05, 3.63) is 62.8 Å². The van der Waals surface area contributed by atoms with E-state index in [2.05, 4.69) is 5.32 Å². The highest BCUT2D eigenvalue weighted by molar-refractivity contribution is 5.99. The average Bonchev–Trinajstić information content (AvgIpc) is 3.30. The maximum Gasteiger partial charge on any atom is 0.278 e. The second-order valence-electron chi connectivity index (χ2n) is 9.14. The summed E-state index contributed by atoms with van der Waals surface area (Å²) in [4.78, 5) is 40.5. The predicted octanol–water partition coefficient (Wildman–Crippen LogP) is 2.23. The lowest BCUT2D eigenvalue weighted by Gasteiger charge is -2.47. The molecule has 4 rings (SSSR count). The molecule has 3 heterocycles. The summed E-state index contributed by atoms with van der Waals surface area (Å²) in [6.45, 7) is 5.63. The Bertz CT molecular complexity index is 1240. The van der Waals surface area contributed by atoms with Gasteiger partial charge in [-0.1, -0.05) is 0 Å². The molecule has 12 heteroatoms. The smallest absolute Gasteiger partial charge is 0.278 e. The third kappa shape index (κ3) is 4.52. The summed E-state index contributed by atoms with van der Waals surface area (Å²) in [6.07, 6.45) is 2.11. The van der Waals surface area contributed by atoms with E-state index >= 15 is 0 Å². The van der Waals surface area contributed by atoms with Crippen molar-refractivity contribution in [1.29, 1.82) is 0 Å². The summed E-state index contributed by atoms with van der Waals surface area (Å²) < 4.78 is 48.1. The monoisotopic (exact) mass is 508 g/mol. The maximum absolute atomic E-state index is 14.0. The van der Waals surface area contributed by atoms with Crippen LogP contribution in [0, 0.1) is 17.5 Å². The topological polar surface area (TPSA) is 104 Å². The van der Waals surface area contributed by atoms with Crippen LogP contribution in [0.15, 0.2) is 23.1 Å². The molecule has 36 heavy (non-hydrogen) atoms. The Kier molecular flexibility index (Phi) is 6.98. The SMILES string of the molecule is CC(C)N1C(=O)c2c(O)c(=O)c(C(=O)NCc3c(F)cc(F)cc3F)cn2N(C[C@@H]2CCCO2)[C@H]1C. The van der Waals surface area contributed by atoms with Crippen LogP contribution in [0.5, 0.6) is 5.75 Å². The van der Waals surface area contributed by atoms with Crippen LogP contribution >= 0.6 is 0 Å². The van der Waals surface area contributed by atoms with Gasteiger partial charge < -0.3 is 20.1 Å². The Morgan fingerprint density at radius 1 is 1.22 bits per heavy atom. The zero-order valence-corrected chi connectivity index (χ0v) is 20.1. The summed E-state index contributed by atoms with van der Waals surface area (Å²) in [5.74, 6) is -6.04. The van der Waals surface area contributed by atoms with Crippen molar-refractivity contribution >= 4 is 11.8 Å². The zero-order valence-electron chi connectivity index (χ0n) is 20.1. The third-order valence-corrected chi connectivity index (χ3v) is 6.46. The minimum absolute atomic E-state index is 0.161. The molecule has 0 spiro atoms. The molecular formula is C24H27F3N4O5. The van der Waals surface area contributed by atoms with Crippen molar-refractivity contribution in [2.75, 3.05) is 18.2 Å². The summed E-state index contributed by atoms with van der Waals surface area (Å²) in [5, 5.41) is 14.7. The van der Waals surface area contributed by atoms with Crippen LogP contribution in [-0.4, -0.2) is 58.0 Å². The van der Waals surface area contributed by atoms with Crippen molar-refractivity contribution in [2.45, 2.75) is 58.5 Å². The molecule has 2 amide bonds. The van der Waals surface area contributed by atoms with Gasteiger partial charge in [0.2, 0.25) is 5.43 Å². The van der Waals surface area contributed by atoms with Gasteiger partial charge in [-0.2, -0.15) is 0 Å². The van der Waals surface area contributed by atoms with E-state index in [1.807, 2.05) is 0 Å². The highest BCUT2D eigenvalue weighted by atomic mass is 19.1. The highest BCUT2D eigenvalue weighted by Gasteiger charge is 2.40. The van der Waals surface area contributed by atoms with E-state index < -0.39 is 64.3 Å². The number of hydrogen-bond donors (Lipinski definition) is 2. The first-order valence-electron chi connectivity index (χ1n) is 11.6. The molecule has 0 unspecified atom stereocenters. The predicted molar refractivity (Wildman–Crippen MR) is 123 cm³/mol. The van der Waals surface area contributed by atoms with E-state index in [0.717, 1.165) is 19.0 Å². The summed E-state index contributed by atoms with van der Waals surface area (Å²) in [5.41, 5.74) is -2.53. The molecule has 194 valence electrons. The van der Waals surface area contributed by atoms with Crippen molar-refractivity contribution < 1.29 is 32.6 Å². The molecule has 2 aliphatic heterocycles. The number of rotatable bonds is 6. The highest BCUT2D eigenvalue weighted by Crippen LogP contribution is 2.27. The van der Waals surface area contributed by atoms with Crippen LogP contribution in [0.2, 0.25) is 0 Å². The Balaban J connectivity index is 1.72. The molecule has 9 nitrogen and oxygen atoms in total. The quantitative estimate of drug-likeness (QED) is 0.621. The number of halogens is 3. The number of carbonyl (C=O) groups excluding carboxylic acids is 2. The van der Waals surface area contributed by atoms with Crippen LogP contribution in [-0.2, 0) is 11.3 Å². The van der Waals surface area contributed by atoms with Gasteiger partial charge in [0.15, 0.2) is 11.4 Å². The molecule has 1 aromatic carbocycles. The summed E-state index contributed by atoms with van der Waals surface area (Å²) >= 11 is 0. The first kappa shape index (κ1) is 25.5. The number of aromatic hydroxyl groups is 1. The molecular weight excluding hydrogens is 481 g/mol. The molecule has 2 N–H and O–H groups in total. The molecule has 2 aliphatic rings. The van der Waals surface area contributed by atoms with Crippen molar-refractivity contribution in [3.63, 3.8) is 0 Å². The Hall–Kier alpha value is -3.54. The normalized spacial score (nSPS) is 19.7. The minimum Gasteiger partial charge on any atom is -0.502 e. The number of ether oxygens (including phenoxy) is 1. The van der Waals surface area contributed by atoms with Gasteiger partial charge in [0, 0.05) is 43.1 Å². The van der Waals surface area contributed by atoms with E-state index in [9.17, 15) is 32.7 Å². The molecule has 0 aliphatic carbocycles. The number of fused-ring (bicyclic) bond motifs is 1. The molecule has 0 saturated carbocycles. The Morgan fingerprint density at radius 3 is 2.47 bits per heavy atom. The number of aromatic nitrogens is 1. The molecule has 0 radical (unpaired) electrons. The van der Waals surface area contributed by atoms with Gasteiger partial charge in [-0.3, -0.25) is 24.1 Å². The van der Waals surface area contributed by atoms with E-state index in [1.165, 1.54) is 9.58 Å². The lowest BCUT2D eigenvalue weighted by atomic mass is 10.1. The number of nitrogens with one attached hydrogen (secondary N) is 1. The molecule has 1 aromatic heterocycles. The third-order valence-electron chi connectivity index (χ3n) is 6.46. The fourth-order valence-corrected chi connectivity index (χ4v) is 4.68. The number of nitrogens with zero attached hydrogens (tertiary/aromatic N) is 3. The average molecular weight is 508 g/mol. The fraction of sp³-hybridized carbons (Fsp3) is 0.458. The summed E-state index contributed by atoms with van der Waals surface area (Å²) in [7, 11) is 0. The number of hydrogen-bond acceptors (Lipinski definition) is 6. The lowest BCUT2D eigenvalue weighted by Crippen LogP contribution is -2.63. The number of carbonyl (C=O) groups is 2. The minimum atomic E-state index is -1.20. The zero-order chi connectivity index (χ0) is 26.3. The first-order chi connectivity index (χ1) is 17.0. The van der Waals surface area contributed by atoms with Gasteiger partial charge in [0.25, 0.3) is 11.8 Å². The van der Waals surface area contributed by atoms with Gasteiger partial charge in [-0.05, 0) is 33.6 Å². The molecule has 1 saturated heterocycles. The van der Waals surface area contributed by atoms with Gasteiger partial charge in [0.1, 0.15) is 29.2 Å². The lowest BCUT2D eigenvalue weighted by molar-refractivity contribution is 0.0449. The standard InChI is InChI=1S/C24H27F3N4O5/c1-12(2)31-13(3)29(10-15-5-4-6-36-15)30-11-17(21(32)22(33)20(30)24(31)35)23(34)28-9-16-18(26)7-14(25)8-19(16)27/h7-8,11-13,15,33H,4-6,9-10H2,1-3H3,(H,28,34)/t13-,15+/m1/s1. The largest absolute Gasteiger partial charge is 0.502 e. The molecule has 1 fully saturated rings. The van der Waals surface area contributed by atoms with Gasteiger partial charge in [-0.25, -0.2) is 13.2 Å². The van der Waals surface area contributed by atoms with Crippen molar-refractivity contribution in [3.8, 4) is 5.75 Å². The Labute approximate surface area is 205 Å². The van der Waals surface area contributed by atoms with E-state index in [4.69, 9.17) is 4.74 Å².